The first-order valence-corrected chi connectivity index (χ1v) is 13.3. The van der Waals surface area contributed by atoms with Crippen molar-refractivity contribution >= 4 is 11.8 Å². The van der Waals surface area contributed by atoms with Gasteiger partial charge in [-0.05, 0) is 38.8 Å². The van der Waals surface area contributed by atoms with Gasteiger partial charge in [-0.1, -0.05) is 38.2 Å². The molecule has 0 radical (unpaired) electrons. The van der Waals surface area contributed by atoms with E-state index >= 15 is 0 Å². The molecule has 0 unspecified atom stereocenters. The molecule has 194 valence electrons. The standard InChI is InChI=1S/C28H38N4O4/c1-20-16-32(17-21(2)36-20)28(35)25-19-31(15-13-22-10-8-9-14-29-22)18-24(26(25)33)27(34)30-23-11-6-4-3-5-7-12-23/h8-10,14,18-21,23H,3-7,11-13,15-17H2,1-2H3,(H,30,34)/t20-,21+. The molecule has 2 aliphatic rings. The number of carbonyl (C=O) groups is 2. The molecule has 0 spiro atoms. The number of nitrogens with zero attached hydrogens (tertiary/aromatic N) is 3. The minimum atomic E-state index is -0.510. The van der Waals surface area contributed by atoms with E-state index in [9.17, 15) is 14.4 Å². The smallest absolute Gasteiger partial charge is 0.259 e. The van der Waals surface area contributed by atoms with Gasteiger partial charge in [-0.15, -0.1) is 0 Å². The average molecular weight is 495 g/mol. The fourth-order valence-electron chi connectivity index (χ4n) is 5.24. The molecular weight excluding hydrogens is 456 g/mol. The zero-order valence-corrected chi connectivity index (χ0v) is 21.4. The van der Waals surface area contributed by atoms with Gasteiger partial charge in [0.15, 0.2) is 0 Å². The maximum absolute atomic E-state index is 13.5. The summed E-state index contributed by atoms with van der Waals surface area (Å²) in [5, 5.41) is 3.10. The van der Waals surface area contributed by atoms with E-state index in [1.165, 1.54) is 19.3 Å². The first-order valence-electron chi connectivity index (χ1n) is 13.3. The Balaban J connectivity index is 1.61. The Morgan fingerprint density at radius 2 is 1.67 bits per heavy atom. The molecule has 1 N–H and O–H groups in total. The van der Waals surface area contributed by atoms with Gasteiger partial charge < -0.3 is 19.5 Å². The molecule has 1 aliphatic heterocycles. The van der Waals surface area contributed by atoms with Crippen LogP contribution in [0.3, 0.4) is 0 Å². The number of aromatic nitrogens is 2. The third kappa shape index (κ3) is 6.81. The van der Waals surface area contributed by atoms with Crippen molar-refractivity contribution in [3.05, 3.63) is 63.8 Å². The van der Waals surface area contributed by atoms with Crippen molar-refractivity contribution in [2.24, 2.45) is 0 Å². The van der Waals surface area contributed by atoms with Crippen molar-refractivity contribution < 1.29 is 14.3 Å². The molecule has 2 amide bonds. The van der Waals surface area contributed by atoms with Crippen LogP contribution in [0, 0.1) is 0 Å². The van der Waals surface area contributed by atoms with Gasteiger partial charge >= 0.3 is 0 Å². The largest absolute Gasteiger partial charge is 0.372 e. The highest BCUT2D eigenvalue weighted by Gasteiger charge is 2.30. The number of nitrogens with one attached hydrogen (secondary N) is 1. The fraction of sp³-hybridized carbons (Fsp3) is 0.571. The third-order valence-corrected chi connectivity index (χ3v) is 7.05. The molecule has 0 aromatic carbocycles. The van der Waals surface area contributed by atoms with Crippen LogP contribution >= 0.6 is 0 Å². The summed E-state index contributed by atoms with van der Waals surface area (Å²) in [6.45, 7) is 5.15. The van der Waals surface area contributed by atoms with Gasteiger partial charge in [-0.3, -0.25) is 19.4 Å². The summed E-state index contributed by atoms with van der Waals surface area (Å²) in [6.07, 6.45) is 12.9. The number of ether oxygens (including phenoxy) is 1. The van der Waals surface area contributed by atoms with Crippen molar-refractivity contribution in [3.63, 3.8) is 0 Å². The second-order valence-electron chi connectivity index (χ2n) is 10.2. The predicted octanol–water partition coefficient (Wildman–Crippen LogP) is 3.58. The Morgan fingerprint density at radius 3 is 2.33 bits per heavy atom. The second-order valence-corrected chi connectivity index (χ2v) is 10.2. The lowest BCUT2D eigenvalue weighted by Gasteiger charge is -2.35. The highest BCUT2D eigenvalue weighted by Crippen LogP contribution is 2.18. The van der Waals surface area contributed by atoms with Crippen LogP contribution in [-0.2, 0) is 17.7 Å². The molecule has 0 bridgehead atoms. The number of hydrogen-bond acceptors (Lipinski definition) is 5. The zero-order valence-electron chi connectivity index (χ0n) is 21.4. The summed E-state index contributed by atoms with van der Waals surface area (Å²) in [7, 11) is 0. The van der Waals surface area contributed by atoms with Crippen LogP contribution in [0.25, 0.3) is 0 Å². The van der Waals surface area contributed by atoms with Crippen molar-refractivity contribution in [1.29, 1.82) is 0 Å². The van der Waals surface area contributed by atoms with E-state index in [4.69, 9.17) is 4.74 Å². The number of carbonyl (C=O) groups excluding carboxylic acids is 2. The number of rotatable bonds is 6. The Bertz CT molecular complexity index is 1080. The lowest BCUT2D eigenvalue weighted by Crippen LogP contribution is -2.49. The number of morpholine rings is 1. The molecular formula is C28H38N4O4. The SMILES string of the molecule is C[C@@H]1CN(C(=O)c2cn(CCc3ccccn3)cc(C(=O)NC3CCCCCCC3)c2=O)C[C@H](C)O1. The van der Waals surface area contributed by atoms with Crippen LogP contribution in [0.1, 0.15) is 85.2 Å². The minimum Gasteiger partial charge on any atom is -0.372 e. The maximum atomic E-state index is 13.5. The van der Waals surface area contributed by atoms with E-state index in [2.05, 4.69) is 10.3 Å². The average Bonchev–Trinajstić information content (AvgIpc) is 2.84. The van der Waals surface area contributed by atoms with E-state index < -0.39 is 11.3 Å². The van der Waals surface area contributed by atoms with Crippen LogP contribution in [0.15, 0.2) is 41.6 Å². The van der Waals surface area contributed by atoms with Gasteiger partial charge in [-0.25, -0.2) is 0 Å². The summed E-state index contributed by atoms with van der Waals surface area (Å²) in [4.78, 5) is 46.3. The first-order chi connectivity index (χ1) is 17.4. The highest BCUT2D eigenvalue weighted by atomic mass is 16.5. The van der Waals surface area contributed by atoms with Crippen LogP contribution in [-0.4, -0.2) is 57.6 Å². The molecule has 36 heavy (non-hydrogen) atoms. The molecule has 8 heteroatoms. The Kier molecular flexibility index (Phi) is 8.91. The van der Waals surface area contributed by atoms with Crippen molar-refractivity contribution in [3.8, 4) is 0 Å². The first kappa shape index (κ1) is 26.1. The Morgan fingerprint density at radius 1 is 1.00 bits per heavy atom. The lowest BCUT2D eigenvalue weighted by atomic mass is 9.96. The van der Waals surface area contributed by atoms with Gasteiger partial charge in [0.1, 0.15) is 11.1 Å². The van der Waals surface area contributed by atoms with E-state index in [1.807, 2.05) is 32.0 Å². The summed E-state index contributed by atoms with van der Waals surface area (Å²) in [5.74, 6) is -0.746. The zero-order chi connectivity index (χ0) is 25.5. The number of pyridine rings is 2. The molecule has 2 aromatic heterocycles. The third-order valence-electron chi connectivity index (χ3n) is 7.05. The van der Waals surface area contributed by atoms with Gasteiger partial charge in [0, 0.05) is 56.4 Å². The van der Waals surface area contributed by atoms with E-state index in [0.717, 1.165) is 31.4 Å². The van der Waals surface area contributed by atoms with Crippen LogP contribution in [0.2, 0.25) is 0 Å². The Labute approximate surface area is 213 Å². The Hall–Kier alpha value is -3.00. The molecule has 8 nitrogen and oxygen atoms in total. The summed E-state index contributed by atoms with van der Waals surface area (Å²) < 4.78 is 7.54. The minimum absolute atomic E-state index is 0.0262. The molecule has 2 aromatic rings. The fourth-order valence-corrected chi connectivity index (χ4v) is 5.24. The number of amides is 2. The summed E-state index contributed by atoms with van der Waals surface area (Å²) in [5.41, 5.74) is 0.450. The van der Waals surface area contributed by atoms with Crippen LogP contribution < -0.4 is 10.7 Å². The number of aryl methyl sites for hydroxylation is 2. The van der Waals surface area contributed by atoms with Crippen LogP contribution in [0.4, 0.5) is 0 Å². The summed E-state index contributed by atoms with van der Waals surface area (Å²) >= 11 is 0. The monoisotopic (exact) mass is 494 g/mol. The van der Waals surface area contributed by atoms with Crippen molar-refractivity contribution in [2.45, 2.75) is 90.0 Å². The van der Waals surface area contributed by atoms with E-state index in [0.29, 0.717) is 26.1 Å². The van der Waals surface area contributed by atoms with Crippen LogP contribution in [0.5, 0.6) is 0 Å². The maximum Gasteiger partial charge on any atom is 0.259 e. The van der Waals surface area contributed by atoms with E-state index in [1.54, 1.807) is 28.1 Å². The predicted molar refractivity (Wildman–Crippen MR) is 138 cm³/mol. The van der Waals surface area contributed by atoms with Gasteiger partial charge in [0.05, 0.1) is 12.2 Å². The molecule has 4 rings (SSSR count). The quantitative estimate of drug-likeness (QED) is 0.663. The summed E-state index contributed by atoms with van der Waals surface area (Å²) in [6, 6.07) is 5.78. The molecule has 2 fully saturated rings. The van der Waals surface area contributed by atoms with Gasteiger partial charge in [0.25, 0.3) is 11.8 Å². The highest BCUT2D eigenvalue weighted by molar-refractivity contribution is 5.99. The van der Waals surface area contributed by atoms with Crippen molar-refractivity contribution in [1.82, 2.24) is 19.8 Å². The normalized spacial score (nSPS) is 21.4. The molecule has 1 aliphatic carbocycles. The lowest BCUT2D eigenvalue weighted by molar-refractivity contribution is -0.0586. The number of hydrogen-bond donors (Lipinski definition) is 1. The van der Waals surface area contributed by atoms with Gasteiger partial charge in [0.2, 0.25) is 5.43 Å². The molecule has 1 saturated heterocycles. The molecule has 3 heterocycles. The van der Waals surface area contributed by atoms with Gasteiger partial charge in [-0.2, -0.15) is 0 Å². The van der Waals surface area contributed by atoms with E-state index in [-0.39, 0.29) is 35.3 Å². The van der Waals surface area contributed by atoms with Crippen molar-refractivity contribution in [2.75, 3.05) is 13.1 Å². The molecule has 2 atom stereocenters. The molecule has 1 saturated carbocycles. The topological polar surface area (TPSA) is 93.5 Å². The second kappa shape index (κ2) is 12.3.